The van der Waals surface area contributed by atoms with E-state index in [4.69, 9.17) is 9.63 Å². The summed E-state index contributed by atoms with van der Waals surface area (Å²) in [7, 11) is 1.72. The number of aryl methyl sites for hydroxylation is 1. The molecule has 35 heavy (non-hydrogen) atoms. The van der Waals surface area contributed by atoms with Crippen molar-refractivity contribution in [3.8, 4) is 22.8 Å². The minimum absolute atomic E-state index is 0.0798. The molecule has 4 rings (SSSR count). The minimum atomic E-state index is -4.41. The van der Waals surface area contributed by atoms with E-state index in [0.717, 1.165) is 11.6 Å². The Labute approximate surface area is 200 Å². The Kier molecular flexibility index (Phi) is 6.88. The van der Waals surface area contributed by atoms with Crippen molar-refractivity contribution in [1.29, 1.82) is 0 Å². The Morgan fingerprint density at radius 1 is 1.17 bits per heavy atom. The van der Waals surface area contributed by atoms with Crippen LogP contribution in [0.1, 0.15) is 29.5 Å². The van der Waals surface area contributed by atoms with Gasteiger partial charge in [-0.2, -0.15) is 18.2 Å². The van der Waals surface area contributed by atoms with Crippen LogP contribution in [-0.2, 0) is 11.3 Å². The Bertz CT molecular complexity index is 1310. The Morgan fingerprint density at radius 3 is 2.69 bits per heavy atom. The summed E-state index contributed by atoms with van der Waals surface area (Å²) in [4.78, 5) is 17.0. The third kappa shape index (κ3) is 5.68. The maximum absolute atomic E-state index is 13.5. The number of aliphatic carboxylic acids is 1. The summed E-state index contributed by atoms with van der Waals surface area (Å²) in [6.45, 7) is 2.13. The highest BCUT2D eigenvalue weighted by Crippen LogP contribution is 2.40. The number of carbonyl (C=O) groups is 1. The van der Waals surface area contributed by atoms with Crippen LogP contribution in [0, 0.1) is 6.92 Å². The highest BCUT2D eigenvalue weighted by Gasteiger charge is 2.35. The maximum atomic E-state index is 13.5. The molecule has 0 saturated heterocycles. The van der Waals surface area contributed by atoms with Gasteiger partial charge in [0.2, 0.25) is 5.82 Å². The molecule has 0 spiro atoms. The number of halogens is 3. The molecule has 0 unspecified atom stereocenters. The number of carboxylic acids is 1. The van der Waals surface area contributed by atoms with Crippen LogP contribution in [0.5, 0.6) is 0 Å². The van der Waals surface area contributed by atoms with Crippen molar-refractivity contribution in [2.75, 3.05) is 13.6 Å². The fourth-order valence-corrected chi connectivity index (χ4v) is 4.21. The summed E-state index contributed by atoms with van der Waals surface area (Å²) in [5.41, 5.74) is 3.16. The van der Waals surface area contributed by atoms with Crippen LogP contribution in [0.2, 0.25) is 0 Å². The van der Waals surface area contributed by atoms with Crippen molar-refractivity contribution in [2.45, 2.75) is 32.5 Å². The average Bonchev–Trinajstić information content (AvgIpc) is 3.28. The summed E-state index contributed by atoms with van der Waals surface area (Å²) >= 11 is 0. The molecule has 6 nitrogen and oxygen atoms in total. The van der Waals surface area contributed by atoms with Gasteiger partial charge in [-0.05, 0) is 67.3 Å². The van der Waals surface area contributed by atoms with Crippen molar-refractivity contribution in [1.82, 2.24) is 15.0 Å². The van der Waals surface area contributed by atoms with Gasteiger partial charge in [0.25, 0.3) is 5.89 Å². The predicted molar refractivity (Wildman–Crippen MR) is 125 cm³/mol. The third-order valence-corrected chi connectivity index (χ3v) is 5.74. The number of carboxylic acid groups (broad SMARTS) is 1. The van der Waals surface area contributed by atoms with E-state index in [0.29, 0.717) is 53.0 Å². The van der Waals surface area contributed by atoms with Crippen LogP contribution >= 0.6 is 0 Å². The standard InChI is InChI=1S/C26H24F3N3O3/c1-16-12-19(10-11-20(16)21-8-3-4-9-22(21)26(27,28)29)25-30-24(31-35-25)18-7-5-6-17(13-18)14-32(2)15-23(33)34/h4-7,9-13H,3,8,14-15H2,1-2H3,(H,33,34). The van der Waals surface area contributed by atoms with Crippen LogP contribution in [0.25, 0.3) is 28.4 Å². The van der Waals surface area contributed by atoms with E-state index in [2.05, 4.69) is 10.1 Å². The highest BCUT2D eigenvalue weighted by molar-refractivity contribution is 5.77. The van der Waals surface area contributed by atoms with Crippen molar-refractivity contribution >= 4 is 11.5 Å². The van der Waals surface area contributed by atoms with E-state index < -0.39 is 17.7 Å². The third-order valence-electron chi connectivity index (χ3n) is 5.74. The first-order chi connectivity index (χ1) is 16.6. The molecule has 0 atom stereocenters. The van der Waals surface area contributed by atoms with E-state index in [9.17, 15) is 18.0 Å². The lowest BCUT2D eigenvalue weighted by Crippen LogP contribution is -2.25. The summed E-state index contributed by atoms with van der Waals surface area (Å²) in [6.07, 6.45) is -0.808. The zero-order valence-electron chi connectivity index (χ0n) is 19.3. The number of benzene rings is 2. The highest BCUT2D eigenvalue weighted by atomic mass is 19.4. The zero-order valence-corrected chi connectivity index (χ0v) is 19.3. The predicted octanol–water partition coefficient (Wildman–Crippen LogP) is 5.89. The smallest absolute Gasteiger partial charge is 0.416 e. The quantitative estimate of drug-likeness (QED) is 0.451. The molecule has 1 aromatic heterocycles. The van der Waals surface area contributed by atoms with Gasteiger partial charge in [0.05, 0.1) is 12.1 Å². The van der Waals surface area contributed by atoms with Crippen LogP contribution in [0.15, 0.2) is 64.7 Å². The molecule has 0 aliphatic heterocycles. The molecule has 1 aliphatic carbocycles. The number of nitrogens with zero attached hydrogens (tertiary/aromatic N) is 3. The van der Waals surface area contributed by atoms with Gasteiger partial charge >= 0.3 is 12.1 Å². The first-order valence-corrected chi connectivity index (χ1v) is 11.0. The molecule has 0 radical (unpaired) electrons. The number of likely N-dealkylation sites (N-methyl/N-ethyl adjacent to an activating group) is 1. The Balaban J connectivity index is 1.59. The monoisotopic (exact) mass is 483 g/mol. The van der Waals surface area contributed by atoms with Gasteiger partial charge in [-0.1, -0.05) is 41.6 Å². The molecule has 0 amide bonds. The molecule has 182 valence electrons. The van der Waals surface area contributed by atoms with Gasteiger partial charge < -0.3 is 9.63 Å². The molecule has 2 aromatic carbocycles. The molecule has 0 saturated carbocycles. The number of allylic oxidation sites excluding steroid dienone is 4. The van der Waals surface area contributed by atoms with Gasteiger partial charge in [-0.3, -0.25) is 9.69 Å². The molecule has 0 fully saturated rings. The van der Waals surface area contributed by atoms with Crippen molar-refractivity contribution < 1.29 is 27.6 Å². The van der Waals surface area contributed by atoms with E-state index in [1.807, 2.05) is 24.3 Å². The number of hydrogen-bond acceptors (Lipinski definition) is 5. The number of hydrogen-bond donors (Lipinski definition) is 1. The van der Waals surface area contributed by atoms with Gasteiger partial charge in [0.1, 0.15) is 0 Å². The SMILES string of the molecule is Cc1cc(-c2nc(-c3cccc(CN(C)CC(=O)O)c3)no2)ccc1C1=C(C(F)(F)F)C=CCC1. The van der Waals surface area contributed by atoms with Gasteiger partial charge in [-0.15, -0.1) is 0 Å². The Hall–Kier alpha value is -3.72. The zero-order chi connectivity index (χ0) is 25.2. The van der Waals surface area contributed by atoms with Crippen molar-refractivity contribution in [3.63, 3.8) is 0 Å². The summed E-state index contributed by atoms with van der Waals surface area (Å²) in [5.74, 6) is -0.279. The lowest BCUT2D eigenvalue weighted by Gasteiger charge is -2.20. The molecular formula is C26H24F3N3O3. The van der Waals surface area contributed by atoms with Crippen molar-refractivity contribution in [2.24, 2.45) is 0 Å². The lowest BCUT2D eigenvalue weighted by molar-refractivity contribution is -0.138. The Morgan fingerprint density at radius 2 is 1.97 bits per heavy atom. The average molecular weight is 483 g/mol. The van der Waals surface area contributed by atoms with Crippen LogP contribution in [-0.4, -0.2) is 45.9 Å². The number of rotatable bonds is 7. The lowest BCUT2D eigenvalue weighted by atomic mass is 9.88. The molecule has 3 aromatic rings. The summed E-state index contributed by atoms with van der Waals surface area (Å²) in [6, 6.07) is 12.5. The summed E-state index contributed by atoms with van der Waals surface area (Å²) < 4.78 is 45.9. The molecule has 1 aliphatic rings. The van der Waals surface area contributed by atoms with Crippen LogP contribution in [0.3, 0.4) is 0 Å². The first-order valence-electron chi connectivity index (χ1n) is 11.0. The second-order valence-electron chi connectivity index (χ2n) is 8.55. The molecular weight excluding hydrogens is 459 g/mol. The van der Waals surface area contributed by atoms with E-state index in [1.165, 1.54) is 0 Å². The van der Waals surface area contributed by atoms with Crippen LogP contribution in [0.4, 0.5) is 13.2 Å². The fourth-order valence-electron chi connectivity index (χ4n) is 4.21. The van der Waals surface area contributed by atoms with Crippen LogP contribution < -0.4 is 0 Å². The van der Waals surface area contributed by atoms with Gasteiger partial charge in [0, 0.05) is 17.7 Å². The molecule has 9 heteroatoms. The molecule has 0 bridgehead atoms. The second kappa shape index (κ2) is 9.87. The fraction of sp³-hybridized carbons (Fsp3) is 0.269. The maximum Gasteiger partial charge on any atom is 0.416 e. The van der Waals surface area contributed by atoms with Crippen molar-refractivity contribution in [3.05, 3.63) is 76.9 Å². The number of alkyl halides is 3. The first kappa shape index (κ1) is 24.4. The minimum Gasteiger partial charge on any atom is -0.480 e. The largest absolute Gasteiger partial charge is 0.480 e. The van der Waals surface area contributed by atoms with E-state index in [1.54, 1.807) is 43.1 Å². The molecule has 1 N–H and O–H groups in total. The topological polar surface area (TPSA) is 79.5 Å². The normalized spacial score (nSPS) is 14.1. The van der Waals surface area contributed by atoms with E-state index >= 15 is 0 Å². The summed E-state index contributed by atoms with van der Waals surface area (Å²) in [5, 5.41) is 13.0. The second-order valence-corrected chi connectivity index (χ2v) is 8.55. The molecule has 1 heterocycles. The van der Waals surface area contributed by atoms with Gasteiger partial charge in [0.15, 0.2) is 0 Å². The van der Waals surface area contributed by atoms with E-state index in [-0.39, 0.29) is 12.4 Å². The number of aromatic nitrogens is 2. The van der Waals surface area contributed by atoms with Gasteiger partial charge in [-0.25, -0.2) is 0 Å².